The molecule has 0 amide bonds. The van der Waals surface area contributed by atoms with E-state index in [1.54, 1.807) is 6.07 Å². The van der Waals surface area contributed by atoms with Gasteiger partial charge in [0, 0.05) is 16.6 Å². The monoisotopic (exact) mass is 293 g/mol. The maximum Gasteiger partial charge on any atom is 0.179 e. The van der Waals surface area contributed by atoms with Gasteiger partial charge in [-0.3, -0.25) is 4.79 Å². The molecule has 0 saturated heterocycles. The van der Waals surface area contributed by atoms with Gasteiger partial charge in [-0.25, -0.2) is 0 Å². The molecule has 1 saturated carbocycles. The molecule has 1 N–H and O–H groups in total. The van der Waals surface area contributed by atoms with Crippen molar-refractivity contribution in [2.45, 2.75) is 58.5 Å². The molecule has 0 aliphatic heterocycles. The molecule has 3 atom stereocenters. The molecule has 1 aliphatic carbocycles. The third-order valence-corrected chi connectivity index (χ3v) is 4.84. The Balaban J connectivity index is 2.02. The summed E-state index contributed by atoms with van der Waals surface area (Å²) in [6.45, 7) is 6.18. The maximum atomic E-state index is 12.5. The van der Waals surface area contributed by atoms with Crippen molar-refractivity contribution < 1.29 is 4.79 Å². The van der Waals surface area contributed by atoms with Crippen LogP contribution in [0.1, 0.15) is 55.5 Å². The minimum atomic E-state index is -0.138. The highest BCUT2D eigenvalue weighted by atomic mass is 35.5. The second-order valence-corrected chi connectivity index (χ2v) is 6.49. The van der Waals surface area contributed by atoms with Gasteiger partial charge in [-0.1, -0.05) is 31.4 Å². The SMILES string of the molecule is Cc1cc(C(=O)C(C)NC2CCCCC2C)ccc1Cl. The average molecular weight is 294 g/mol. The fraction of sp³-hybridized carbons (Fsp3) is 0.588. The van der Waals surface area contributed by atoms with Gasteiger partial charge in [0.25, 0.3) is 0 Å². The first-order chi connectivity index (χ1) is 9.49. The van der Waals surface area contributed by atoms with Crippen molar-refractivity contribution in [2.24, 2.45) is 5.92 Å². The topological polar surface area (TPSA) is 29.1 Å². The summed E-state index contributed by atoms with van der Waals surface area (Å²) in [5, 5.41) is 4.23. The van der Waals surface area contributed by atoms with Crippen LogP contribution in [0.15, 0.2) is 18.2 Å². The summed E-state index contributed by atoms with van der Waals surface area (Å²) in [6, 6.07) is 5.84. The first kappa shape index (κ1) is 15.5. The summed E-state index contributed by atoms with van der Waals surface area (Å²) in [4.78, 5) is 12.5. The Labute approximate surface area is 126 Å². The summed E-state index contributed by atoms with van der Waals surface area (Å²) >= 11 is 6.01. The highest BCUT2D eigenvalue weighted by Crippen LogP contribution is 2.24. The van der Waals surface area contributed by atoms with Gasteiger partial charge in [-0.05, 0) is 56.4 Å². The Hall–Kier alpha value is -0.860. The Morgan fingerprint density at radius 1 is 1.35 bits per heavy atom. The van der Waals surface area contributed by atoms with Gasteiger partial charge >= 0.3 is 0 Å². The number of carbonyl (C=O) groups is 1. The van der Waals surface area contributed by atoms with Crippen molar-refractivity contribution in [1.82, 2.24) is 5.32 Å². The summed E-state index contributed by atoms with van der Waals surface area (Å²) in [6.07, 6.45) is 5.03. The molecule has 2 nitrogen and oxygen atoms in total. The summed E-state index contributed by atoms with van der Waals surface area (Å²) in [5.74, 6) is 0.813. The second-order valence-electron chi connectivity index (χ2n) is 6.08. The molecule has 0 bridgehead atoms. The number of halogens is 1. The van der Waals surface area contributed by atoms with Crippen molar-refractivity contribution >= 4 is 17.4 Å². The van der Waals surface area contributed by atoms with Crippen LogP contribution < -0.4 is 5.32 Å². The van der Waals surface area contributed by atoms with Crippen LogP contribution in [0.3, 0.4) is 0 Å². The van der Waals surface area contributed by atoms with Gasteiger partial charge in [0.05, 0.1) is 6.04 Å². The van der Waals surface area contributed by atoms with Crippen LogP contribution in [-0.4, -0.2) is 17.9 Å². The lowest BCUT2D eigenvalue weighted by Gasteiger charge is -2.31. The molecule has 1 aromatic rings. The first-order valence-corrected chi connectivity index (χ1v) is 7.93. The summed E-state index contributed by atoms with van der Waals surface area (Å²) in [7, 11) is 0. The molecule has 0 heterocycles. The maximum absolute atomic E-state index is 12.5. The van der Waals surface area contributed by atoms with E-state index in [-0.39, 0.29) is 11.8 Å². The van der Waals surface area contributed by atoms with E-state index < -0.39 is 0 Å². The zero-order valence-electron chi connectivity index (χ0n) is 12.6. The summed E-state index contributed by atoms with van der Waals surface area (Å²) in [5.41, 5.74) is 1.70. The molecule has 110 valence electrons. The van der Waals surface area contributed by atoms with E-state index in [4.69, 9.17) is 11.6 Å². The van der Waals surface area contributed by atoms with Crippen LogP contribution in [0.2, 0.25) is 5.02 Å². The first-order valence-electron chi connectivity index (χ1n) is 7.55. The van der Waals surface area contributed by atoms with Crippen molar-refractivity contribution in [1.29, 1.82) is 0 Å². The quantitative estimate of drug-likeness (QED) is 0.834. The lowest BCUT2D eigenvalue weighted by Crippen LogP contribution is -2.45. The van der Waals surface area contributed by atoms with Crippen molar-refractivity contribution in [3.05, 3.63) is 34.3 Å². The molecule has 2 rings (SSSR count). The van der Waals surface area contributed by atoms with E-state index in [9.17, 15) is 4.79 Å². The Kier molecular flexibility index (Phi) is 5.22. The van der Waals surface area contributed by atoms with Crippen LogP contribution in [-0.2, 0) is 0 Å². The normalized spacial score (nSPS) is 24.4. The van der Waals surface area contributed by atoms with E-state index in [1.165, 1.54) is 25.7 Å². The number of benzene rings is 1. The van der Waals surface area contributed by atoms with E-state index in [2.05, 4.69) is 12.2 Å². The lowest BCUT2D eigenvalue weighted by atomic mass is 9.85. The molecule has 1 fully saturated rings. The molecule has 0 radical (unpaired) electrons. The molecule has 0 aromatic heterocycles. The highest BCUT2D eigenvalue weighted by molar-refractivity contribution is 6.31. The standard InChI is InChI=1S/C17H24ClNO/c1-11-6-4-5-7-16(11)19-13(3)17(20)14-8-9-15(18)12(2)10-14/h8-11,13,16,19H,4-7H2,1-3H3. The smallest absolute Gasteiger partial charge is 0.179 e. The highest BCUT2D eigenvalue weighted by Gasteiger charge is 2.25. The van der Waals surface area contributed by atoms with E-state index in [0.717, 1.165) is 11.1 Å². The number of rotatable bonds is 4. The van der Waals surface area contributed by atoms with Crippen LogP contribution >= 0.6 is 11.6 Å². The number of hydrogen-bond donors (Lipinski definition) is 1. The van der Waals surface area contributed by atoms with Crippen LogP contribution in [0.5, 0.6) is 0 Å². The van der Waals surface area contributed by atoms with Gasteiger partial charge < -0.3 is 5.32 Å². The Morgan fingerprint density at radius 3 is 2.70 bits per heavy atom. The van der Waals surface area contributed by atoms with Crippen LogP contribution in [0, 0.1) is 12.8 Å². The van der Waals surface area contributed by atoms with Crippen molar-refractivity contribution in [3.63, 3.8) is 0 Å². The zero-order chi connectivity index (χ0) is 14.7. The van der Waals surface area contributed by atoms with Gasteiger partial charge in [0.2, 0.25) is 0 Å². The van der Waals surface area contributed by atoms with E-state index in [0.29, 0.717) is 17.0 Å². The average Bonchev–Trinajstić information content (AvgIpc) is 2.43. The van der Waals surface area contributed by atoms with Gasteiger partial charge in [-0.15, -0.1) is 0 Å². The molecule has 20 heavy (non-hydrogen) atoms. The number of aryl methyl sites for hydroxylation is 1. The third kappa shape index (κ3) is 3.62. The molecular formula is C17H24ClNO. The molecule has 3 heteroatoms. The number of hydrogen-bond acceptors (Lipinski definition) is 2. The number of ketones is 1. The predicted octanol–water partition coefficient (Wildman–Crippen LogP) is 4.39. The zero-order valence-corrected chi connectivity index (χ0v) is 13.3. The molecule has 1 aliphatic rings. The summed E-state index contributed by atoms with van der Waals surface area (Å²) < 4.78 is 0. The number of nitrogens with one attached hydrogen (secondary N) is 1. The lowest BCUT2D eigenvalue weighted by molar-refractivity contribution is 0.0932. The number of Topliss-reactive ketones (excluding diaryl/α,β-unsaturated/α-hetero) is 1. The van der Waals surface area contributed by atoms with Crippen molar-refractivity contribution in [3.8, 4) is 0 Å². The molecule has 0 spiro atoms. The fourth-order valence-corrected chi connectivity index (χ4v) is 3.13. The van der Waals surface area contributed by atoms with E-state index >= 15 is 0 Å². The fourth-order valence-electron chi connectivity index (χ4n) is 3.01. The minimum absolute atomic E-state index is 0.138. The Bertz CT molecular complexity index is 486. The van der Waals surface area contributed by atoms with Gasteiger partial charge in [0.15, 0.2) is 5.78 Å². The second kappa shape index (κ2) is 6.73. The van der Waals surface area contributed by atoms with Crippen molar-refractivity contribution in [2.75, 3.05) is 0 Å². The Morgan fingerprint density at radius 2 is 2.05 bits per heavy atom. The largest absolute Gasteiger partial charge is 0.304 e. The molecule has 3 unspecified atom stereocenters. The van der Waals surface area contributed by atoms with Gasteiger partial charge in [-0.2, -0.15) is 0 Å². The predicted molar refractivity (Wildman–Crippen MR) is 84.5 cm³/mol. The molecule has 1 aromatic carbocycles. The van der Waals surface area contributed by atoms with E-state index in [1.807, 2.05) is 26.0 Å². The minimum Gasteiger partial charge on any atom is -0.304 e. The number of carbonyl (C=O) groups excluding carboxylic acids is 1. The third-order valence-electron chi connectivity index (χ3n) is 4.41. The van der Waals surface area contributed by atoms with Crippen LogP contribution in [0.25, 0.3) is 0 Å². The molecular weight excluding hydrogens is 270 g/mol. The van der Waals surface area contributed by atoms with Crippen LogP contribution in [0.4, 0.5) is 0 Å². The van der Waals surface area contributed by atoms with Gasteiger partial charge in [0.1, 0.15) is 0 Å².